The Morgan fingerprint density at radius 2 is 1.91 bits per heavy atom. The summed E-state index contributed by atoms with van der Waals surface area (Å²) in [6, 6.07) is 5.36. The molecule has 1 fully saturated rings. The lowest BCUT2D eigenvalue weighted by Gasteiger charge is -2.26. The highest BCUT2D eigenvalue weighted by atomic mass is 16.6. The number of ether oxygens (including phenoxy) is 2. The zero-order chi connectivity index (χ0) is 15.5. The van der Waals surface area contributed by atoms with E-state index in [0.29, 0.717) is 43.2 Å². The summed E-state index contributed by atoms with van der Waals surface area (Å²) in [5, 5.41) is 12.0. The number of anilines is 1. The lowest BCUT2D eigenvalue weighted by atomic mass is 9.81. The molecule has 2 aliphatic rings. The van der Waals surface area contributed by atoms with E-state index in [-0.39, 0.29) is 11.8 Å². The maximum Gasteiger partial charge on any atom is 0.306 e. The van der Waals surface area contributed by atoms with Gasteiger partial charge in [-0.3, -0.25) is 9.59 Å². The van der Waals surface area contributed by atoms with E-state index in [4.69, 9.17) is 14.6 Å². The Morgan fingerprint density at radius 3 is 2.73 bits per heavy atom. The molecule has 6 nitrogen and oxygen atoms in total. The Bertz CT molecular complexity index is 586. The van der Waals surface area contributed by atoms with Crippen molar-refractivity contribution in [2.75, 3.05) is 18.5 Å². The molecule has 2 unspecified atom stereocenters. The van der Waals surface area contributed by atoms with Gasteiger partial charge in [-0.2, -0.15) is 0 Å². The van der Waals surface area contributed by atoms with Gasteiger partial charge in [0.15, 0.2) is 11.5 Å². The van der Waals surface area contributed by atoms with E-state index >= 15 is 0 Å². The Morgan fingerprint density at radius 1 is 1.14 bits per heavy atom. The fourth-order valence-electron chi connectivity index (χ4n) is 3.06. The molecule has 1 aliphatic heterocycles. The Hall–Kier alpha value is -2.24. The number of para-hydroxylation sites is 1. The zero-order valence-corrected chi connectivity index (χ0v) is 12.2. The smallest absolute Gasteiger partial charge is 0.306 e. The molecule has 0 spiro atoms. The summed E-state index contributed by atoms with van der Waals surface area (Å²) in [4.78, 5) is 23.5. The molecule has 1 amide bonds. The van der Waals surface area contributed by atoms with Crippen molar-refractivity contribution in [3.05, 3.63) is 18.2 Å². The van der Waals surface area contributed by atoms with Crippen molar-refractivity contribution in [3.8, 4) is 11.5 Å². The number of carboxylic acids is 1. The molecule has 0 bridgehead atoms. The lowest BCUT2D eigenvalue weighted by Crippen LogP contribution is -2.31. The third-order valence-corrected chi connectivity index (χ3v) is 4.22. The fraction of sp³-hybridized carbons (Fsp3) is 0.500. The molecule has 118 valence electrons. The third-order valence-electron chi connectivity index (χ3n) is 4.22. The van der Waals surface area contributed by atoms with E-state index in [1.807, 2.05) is 0 Å². The van der Waals surface area contributed by atoms with Crippen LogP contribution in [0.15, 0.2) is 18.2 Å². The molecule has 1 heterocycles. The largest absolute Gasteiger partial charge is 0.486 e. The van der Waals surface area contributed by atoms with Crippen LogP contribution in [0.1, 0.15) is 25.7 Å². The second-order valence-corrected chi connectivity index (χ2v) is 5.72. The van der Waals surface area contributed by atoms with Gasteiger partial charge in [-0.25, -0.2) is 0 Å². The molecule has 0 saturated heterocycles. The normalized spacial score (nSPS) is 23.6. The summed E-state index contributed by atoms with van der Waals surface area (Å²) < 4.78 is 11.1. The quantitative estimate of drug-likeness (QED) is 0.895. The molecule has 2 N–H and O–H groups in total. The highest BCUT2D eigenvalue weighted by Gasteiger charge is 2.31. The number of benzene rings is 1. The highest BCUT2D eigenvalue weighted by Crippen LogP contribution is 2.38. The van der Waals surface area contributed by atoms with E-state index in [2.05, 4.69) is 5.32 Å². The van der Waals surface area contributed by atoms with Crippen LogP contribution in [0.5, 0.6) is 11.5 Å². The number of fused-ring (bicyclic) bond motifs is 1. The van der Waals surface area contributed by atoms with Crippen LogP contribution in [0.3, 0.4) is 0 Å². The number of rotatable bonds is 3. The van der Waals surface area contributed by atoms with Crippen molar-refractivity contribution in [1.29, 1.82) is 0 Å². The van der Waals surface area contributed by atoms with Gasteiger partial charge < -0.3 is 19.9 Å². The summed E-state index contributed by atoms with van der Waals surface area (Å²) in [5.41, 5.74) is 0.583. The van der Waals surface area contributed by atoms with Crippen LogP contribution in [0, 0.1) is 11.8 Å². The van der Waals surface area contributed by atoms with Gasteiger partial charge in [0.25, 0.3) is 0 Å². The first kappa shape index (κ1) is 14.7. The molecule has 6 heteroatoms. The van der Waals surface area contributed by atoms with E-state index in [1.165, 1.54) is 0 Å². The van der Waals surface area contributed by atoms with Crippen LogP contribution in [0.25, 0.3) is 0 Å². The van der Waals surface area contributed by atoms with Gasteiger partial charge in [-0.1, -0.05) is 12.5 Å². The van der Waals surface area contributed by atoms with Gasteiger partial charge in [-0.05, 0) is 31.4 Å². The van der Waals surface area contributed by atoms with Crippen molar-refractivity contribution >= 4 is 17.6 Å². The van der Waals surface area contributed by atoms with E-state index in [0.717, 1.165) is 12.8 Å². The van der Waals surface area contributed by atoms with Crippen LogP contribution in [-0.2, 0) is 9.59 Å². The van der Waals surface area contributed by atoms with Gasteiger partial charge >= 0.3 is 5.97 Å². The molecule has 1 aromatic rings. The molecule has 1 aromatic carbocycles. The zero-order valence-electron chi connectivity index (χ0n) is 12.2. The fourth-order valence-corrected chi connectivity index (χ4v) is 3.06. The minimum Gasteiger partial charge on any atom is -0.486 e. The molecule has 2 atom stereocenters. The van der Waals surface area contributed by atoms with Crippen LogP contribution < -0.4 is 14.8 Å². The first-order valence-corrected chi connectivity index (χ1v) is 7.57. The van der Waals surface area contributed by atoms with Crippen LogP contribution in [-0.4, -0.2) is 30.2 Å². The minimum absolute atomic E-state index is 0.145. The Balaban J connectivity index is 1.70. The predicted molar refractivity (Wildman–Crippen MR) is 79.1 cm³/mol. The molecular formula is C16H19NO5. The summed E-state index contributed by atoms with van der Waals surface area (Å²) in [6.07, 6.45) is 2.54. The molecule has 3 rings (SSSR count). The Labute approximate surface area is 128 Å². The number of hydrogen-bond donors (Lipinski definition) is 2. The average molecular weight is 305 g/mol. The van der Waals surface area contributed by atoms with Gasteiger partial charge in [0.1, 0.15) is 13.2 Å². The monoisotopic (exact) mass is 305 g/mol. The second kappa shape index (κ2) is 6.25. The first-order valence-electron chi connectivity index (χ1n) is 7.57. The average Bonchev–Trinajstić information content (AvgIpc) is 2.55. The van der Waals surface area contributed by atoms with Crippen LogP contribution >= 0.6 is 0 Å². The highest BCUT2D eigenvalue weighted by molar-refractivity contribution is 5.94. The number of hydrogen-bond acceptors (Lipinski definition) is 4. The predicted octanol–water partition coefficient (Wildman–Crippen LogP) is 2.29. The van der Waals surface area contributed by atoms with Crippen molar-refractivity contribution in [3.63, 3.8) is 0 Å². The van der Waals surface area contributed by atoms with Gasteiger partial charge in [0.2, 0.25) is 5.91 Å². The maximum absolute atomic E-state index is 12.4. The van der Waals surface area contributed by atoms with E-state index in [9.17, 15) is 9.59 Å². The third kappa shape index (κ3) is 3.00. The molecule has 0 aromatic heterocycles. The summed E-state index contributed by atoms with van der Waals surface area (Å²) in [5.74, 6) is -0.479. The SMILES string of the molecule is O=C(O)C1CCCC(C(=O)Nc2cccc3c2OCCO3)C1. The van der Waals surface area contributed by atoms with Crippen molar-refractivity contribution in [1.82, 2.24) is 0 Å². The summed E-state index contributed by atoms with van der Waals surface area (Å²) in [7, 11) is 0. The van der Waals surface area contributed by atoms with Crippen LogP contribution in [0.4, 0.5) is 5.69 Å². The maximum atomic E-state index is 12.4. The number of aliphatic carboxylic acids is 1. The molecule has 0 radical (unpaired) electrons. The van der Waals surface area contributed by atoms with Gasteiger partial charge in [0, 0.05) is 5.92 Å². The van der Waals surface area contributed by atoms with Gasteiger partial charge in [0.05, 0.1) is 11.6 Å². The molecule has 1 saturated carbocycles. The standard InChI is InChI=1S/C16H19NO5/c18-15(10-3-1-4-11(9-10)16(19)20)17-12-5-2-6-13-14(12)22-8-7-21-13/h2,5-6,10-11H,1,3-4,7-9H2,(H,17,18)(H,19,20). The molecule has 22 heavy (non-hydrogen) atoms. The number of amides is 1. The summed E-state index contributed by atoms with van der Waals surface area (Å²) in [6.45, 7) is 0.942. The lowest BCUT2D eigenvalue weighted by molar-refractivity contribution is -0.143. The van der Waals surface area contributed by atoms with E-state index < -0.39 is 11.9 Å². The van der Waals surface area contributed by atoms with Crippen LogP contribution in [0.2, 0.25) is 0 Å². The topological polar surface area (TPSA) is 84.9 Å². The van der Waals surface area contributed by atoms with Crippen molar-refractivity contribution in [2.24, 2.45) is 11.8 Å². The van der Waals surface area contributed by atoms with Gasteiger partial charge in [-0.15, -0.1) is 0 Å². The first-order chi connectivity index (χ1) is 10.6. The summed E-state index contributed by atoms with van der Waals surface area (Å²) >= 11 is 0. The number of carbonyl (C=O) groups is 2. The molecular weight excluding hydrogens is 286 g/mol. The van der Waals surface area contributed by atoms with Crippen molar-refractivity contribution < 1.29 is 24.2 Å². The second-order valence-electron chi connectivity index (χ2n) is 5.72. The van der Waals surface area contributed by atoms with E-state index in [1.54, 1.807) is 18.2 Å². The number of carboxylic acid groups (broad SMARTS) is 1. The Kier molecular flexibility index (Phi) is 4.18. The van der Waals surface area contributed by atoms with Crippen molar-refractivity contribution in [2.45, 2.75) is 25.7 Å². The molecule has 1 aliphatic carbocycles. The number of nitrogens with one attached hydrogen (secondary N) is 1. The number of carbonyl (C=O) groups excluding carboxylic acids is 1. The minimum atomic E-state index is -0.814.